The Labute approximate surface area is 105 Å². The molecule has 0 aromatic heterocycles. The molecule has 0 aromatic carbocycles. The van der Waals surface area contributed by atoms with Gasteiger partial charge in [-0.05, 0) is 46.4 Å². The lowest BCUT2D eigenvalue weighted by Crippen LogP contribution is -2.47. The van der Waals surface area contributed by atoms with Crippen LogP contribution in [-0.4, -0.2) is 63.5 Å². The van der Waals surface area contributed by atoms with Crippen LogP contribution in [0.3, 0.4) is 0 Å². The molecule has 4 nitrogen and oxygen atoms in total. The molecule has 2 heterocycles. The first-order chi connectivity index (χ1) is 8.20. The summed E-state index contributed by atoms with van der Waals surface area (Å²) in [6.07, 6.45) is 4.55. The molecule has 2 aliphatic heterocycles. The Balaban J connectivity index is 1.67. The third kappa shape index (κ3) is 3.91. The molecule has 2 saturated heterocycles. The molecule has 0 aromatic rings. The fourth-order valence-corrected chi connectivity index (χ4v) is 2.77. The van der Waals surface area contributed by atoms with Gasteiger partial charge in [0.2, 0.25) is 0 Å². The van der Waals surface area contributed by atoms with E-state index in [-0.39, 0.29) is 5.60 Å². The van der Waals surface area contributed by atoms with Gasteiger partial charge >= 0.3 is 0 Å². The lowest BCUT2D eigenvalue weighted by atomic mass is 9.89. The fraction of sp³-hybridized carbons (Fsp3) is 1.00. The van der Waals surface area contributed by atoms with Crippen LogP contribution in [0.4, 0.5) is 0 Å². The number of ether oxygens (including phenoxy) is 2. The van der Waals surface area contributed by atoms with E-state index in [1.165, 1.54) is 6.42 Å². The molecule has 2 unspecified atom stereocenters. The predicted octanol–water partition coefficient (Wildman–Crippen LogP) is 0.866. The molecular weight excluding hydrogens is 216 g/mol. The van der Waals surface area contributed by atoms with Crippen molar-refractivity contribution >= 4 is 0 Å². The Hall–Kier alpha value is -0.160. The first-order valence-electron chi connectivity index (χ1n) is 6.80. The molecular formula is C13H26N2O2. The van der Waals surface area contributed by atoms with Crippen molar-refractivity contribution in [1.82, 2.24) is 10.2 Å². The molecule has 0 radical (unpaired) electrons. The highest BCUT2D eigenvalue weighted by Gasteiger charge is 2.40. The van der Waals surface area contributed by atoms with Gasteiger partial charge in [-0.25, -0.2) is 0 Å². The van der Waals surface area contributed by atoms with E-state index < -0.39 is 0 Å². The first-order valence-corrected chi connectivity index (χ1v) is 6.80. The molecule has 1 spiro atoms. The van der Waals surface area contributed by atoms with E-state index in [0.717, 1.165) is 52.2 Å². The predicted molar refractivity (Wildman–Crippen MR) is 68.3 cm³/mol. The highest BCUT2D eigenvalue weighted by molar-refractivity contribution is 4.92. The summed E-state index contributed by atoms with van der Waals surface area (Å²) in [7, 11) is 4.25. The molecule has 0 amide bonds. The third-order valence-electron chi connectivity index (χ3n) is 3.78. The molecule has 2 fully saturated rings. The average Bonchev–Trinajstić information content (AvgIpc) is 2.73. The van der Waals surface area contributed by atoms with Gasteiger partial charge in [0.15, 0.2) is 0 Å². The molecule has 1 N–H and O–H groups in total. The molecule has 0 saturated carbocycles. The maximum Gasteiger partial charge on any atom is 0.0951 e. The number of nitrogens with one attached hydrogen (secondary N) is 1. The summed E-state index contributed by atoms with van der Waals surface area (Å²) in [5, 5.41) is 3.67. The van der Waals surface area contributed by atoms with Gasteiger partial charge in [-0.3, -0.25) is 0 Å². The van der Waals surface area contributed by atoms with Crippen LogP contribution < -0.4 is 5.32 Å². The summed E-state index contributed by atoms with van der Waals surface area (Å²) in [6, 6.07) is 0.618. The summed E-state index contributed by atoms with van der Waals surface area (Å²) >= 11 is 0. The highest BCUT2D eigenvalue weighted by Crippen LogP contribution is 2.32. The normalized spacial score (nSPS) is 33.7. The summed E-state index contributed by atoms with van der Waals surface area (Å²) < 4.78 is 11.4. The highest BCUT2D eigenvalue weighted by atomic mass is 16.6. The van der Waals surface area contributed by atoms with Crippen LogP contribution in [0.25, 0.3) is 0 Å². The fourth-order valence-electron chi connectivity index (χ4n) is 2.77. The van der Waals surface area contributed by atoms with Crippen LogP contribution in [-0.2, 0) is 9.47 Å². The van der Waals surface area contributed by atoms with E-state index in [0.29, 0.717) is 6.04 Å². The zero-order valence-corrected chi connectivity index (χ0v) is 11.2. The first kappa shape index (κ1) is 13.3. The van der Waals surface area contributed by atoms with Gasteiger partial charge in [0.05, 0.1) is 12.2 Å². The van der Waals surface area contributed by atoms with E-state index >= 15 is 0 Å². The maximum atomic E-state index is 5.93. The molecule has 0 aliphatic carbocycles. The zero-order chi connectivity index (χ0) is 12.1. The van der Waals surface area contributed by atoms with E-state index in [9.17, 15) is 0 Å². The Morgan fingerprint density at radius 3 is 2.94 bits per heavy atom. The van der Waals surface area contributed by atoms with E-state index in [2.05, 4.69) is 24.3 Å². The minimum absolute atomic E-state index is 0.0392. The lowest BCUT2D eigenvalue weighted by molar-refractivity contribution is -0.0892. The van der Waals surface area contributed by atoms with Crippen LogP contribution in [0.15, 0.2) is 0 Å². The van der Waals surface area contributed by atoms with E-state index in [1.807, 2.05) is 0 Å². The standard InChI is InChI=1S/C13H26N2O2/c1-15(2)7-3-6-14-12-4-8-17-13(10-12)5-9-16-11-13/h12,14H,3-11H2,1-2H3. The smallest absolute Gasteiger partial charge is 0.0951 e. The summed E-state index contributed by atoms with van der Waals surface area (Å²) in [6.45, 7) is 4.81. The molecule has 100 valence electrons. The summed E-state index contributed by atoms with van der Waals surface area (Å²) in [5.74, 6) is 0. The SMILES string of the molecule is CN(C)CCCNC1CCOC2(CCOC2)C1. The van der Waals surface area contributed by atoms with E-state index in [4.69, 9.17) is 9.47 Å². The van der Waals surface area contributed by atoms with Crippen LogP contribution in [0.2, 0.25) is 0 Å². The van der Waals surface area contributed by atoms with Crippen molar-refractivity contribution < 1.29 is 9.47 Å². The molecule has 4 heteroatoms. The second-order valence-electron chi connectivity index (χ2n) is 5.63. The van der Waals surface area contributed by atoms with Crippen molar-refractivity contribution in [3.05, 3.63) is 0 Å². The number of hydrogen-bond donors (Lipinski definition) is 1. The van der Waals surface area contributed by atoms with Crippen LogP contribution in [0.5, 0.6) is 0 Å². The second kappa shape index (κ2) is 6.14. The number of nitrogens with zero attached hydrogens (tertiary/aromatic N) is 1. The van der Waals surface area contributed by atoms with Crippen molar-refractivity contribution in [2.24, 2.45) is 0 Å². The Kier molecular flexibility index (Phi) is 4.79. The van der Waals surface area contributed by atoms with Crippen molar-refractivity contribution in [3.63, 3.8) is 0 Å². The summed E-state index contributed by atoms with van der Waals surface area (Å²) in [5.41, 5.74) is 0.0392. The molecule has 2 rings (SSSR count). The van der Waals surface area contributed by atoms with Crippen molar-refractivity contribution in [2.75, 3.05) is 47.0 Å². The van der Waals surface area contributed by atoms with Gasteiger partial charge in [0.1, 0.15) is 0 Å². The Bertz CT molecular complexity index is 227. The van der Waals surface area contributed by atoms with Gasteiger partial charge < -0.3 is 19.7 Å². The van der Waals surface area contributed by atoms with Gasteiger partial charge in [0.25, 0.3) is 0 Å². The molecule has 2 atom stereocenters. The van der Waals surface area contributed by atoms with Crippen molar-refractivity contribution in [1.29, 1.82) is 0 Å². The Morgan fingerprint density at radius 1 is 1.35 bits per heavy atom. The molecule has 2 aliphatic rings. The number of rotatable bonds is 5. The van der Waals surface area contributed by atoms with E-state index in [1.54, 1.807) is 0 Å². The molecule has 17 heavy (non-hydrogen) atoms. The van der Waals surface area contributed by atoms with Gasteiger partial charge in [-0.15, -0.1) is 0 Å². The number of hydrogen-bond acceptors (Lipinski definition) is 4. The van der Waals surface area contributed by atoms with Gasteiger partial charge in [-0.1, -0.05) is 0 Å². The van der Waals surface area contributed by atoms with Crippen LogP contribution in [0.1, 0.15) is 25.7 Å². The second-order valence-corrected chi connectivity index (χ2v) is 5.63. The van der Waals surface area contributed by atoms with Gasteiger partial charge in [0, 0.05) is 25.7 Å². The van der Waals surface area contributed by atoms with Crippen LogP contribution in [0, 0.1) is 0 Å². The average molecular weight is 242 g/mol. The lowest BCUT2D eigenvalue weighted by Gasteiger charge is -2.37. The van der Waals surface area contributed by atoms with Crippen molar-refractivity contribution in [2.45, 2.75) is 37.3 Å². The maximum absolute atomic E-state index is 5.93. The van der Waals surface area contributed by atoms with Crippen molar-refractivity contribution in [3.8, 4) is 0 Å². The topological polar surface area (TPSA) is 33.7 Å². The third-order valence-corrected chi connectivity index (χ3v) is 3.78. The Morgan fingerprint density at radius 2 is 2.24 bits per heavy atom. The largest absolute Gasteiger partial charge is 0.378 e. The quantitative estimate of drug-likeness (QED) is 0.725. The van der Waals surface area contributed by atoms with Gasteiger partial charge in [-0.2, -0.15) is 0 Å². The monoisotopic (exact) mass is 242 g/mol. The molecule has 0 bridgehead atoms. The minimum atomic E-state index is 0.0392. The minimum Gasteiger partial charge on any atom is -0.378 e. The summed E-state index contributed by atoms with van der Waals surface area (Å²) in [4.78, 5) is 2.23. The zero-order valence-electron chi connectivity index (χ0n) is 11.2. The van der Waals surface area contributed by atoms with Crippen LogP contribution >= 0.6 is 0 Å².